The molecule has 0 N–H and O–H groups in total. The predicted octanol–water partition coefficient (Wildman–Crippen LogP) is 2.46. The third-order valence-electron chi connectivity index (χ3n) is 4.02. The minimum atomic E-state index is -0.905. The van der Waals surface area contributed by atoms with E-state index in [-0.39, 0.29) is 29.2 Å². The zero-order valence-electron chi connectivity index (χ0n) is 15.1. The first-order valence-corrected chi connectivity index (χ1v) is 8.15. The van der Waals surface area contributed by atoms with E-state index in [9.17, 15) is 14.9 Å². The fraction of sp³-hybridized carbons (Fsp3) is 0.500. The molecule has 0 spiro atoms. The molecule has 2 amide bonds. The van der Waals surface area contributed by atoms with Gasteiger partial charge in [-0.1, -0.05) is 13.0 Å². The van der Waals surface area contributed by atoms with E-state index >= 15 is 0 Å². The molecule has 2 atom stereocenters. The van der Waals surface area contributed by atoms with Gasteiger partial charge in [-0.2, -0.15) is 5.26 Å². The molecule has 7 heteroatoms. The van der Waals surface area contributed by atoms with Crippen LogP contribution in [0.25, 0.3) is 0 Å². The maximum absolute atomic E-state index is 12.9. The Morgan fingerprint density at radius 1 is 1.44 bits per heavy atom. The number of hydrogen-bond acceptors (Lipinski definition) is 5. The molecule has 0 aliphatic carbocycles. The number of ether oxygens (including phenoxy) is 2. The van der Waals surface area contributed by atoms with Crippen molar-refractivity contribution in [2.45, 2.75) is 33.1 Å². The number of benzene rings is 1. The Bertz CT molecular complexity index is 709. The highest BCUT2D eigenvalue weighted by Crippen LogP contribution is 2.31. The summed E-state index contributed by atoms with van der Waals surface area (Å²) in [4.78, 5) is 27.9. The summed E-state index contributed by atoms with van der Waals surface area (Å²) in [5.74, 6) is -0.315. The number of nitrogens with zero attached hydrogens (tertiary/aromatic N) is 3. The van der Waals surface area contributed by atoms with Gasteiger partial charge in [-0.25, -0.2) is 4.79 Å². The number of fused-ring (bicyclic) bond motifs is 1. The van der Waals surface area contributed by atoms with Gasteiger partial charge in [0.15, 0.2) is 5.75 Å². The first-order valence-electron chi connectivity index (χ1n) is 8.15. The minimum Gasteiger partial charge on any atom is -0.452 e. The van der Waals surface area contributed by atoms with Gasteiger partial charge in [-0.05, 0) is 26.0 Å². The van der Waals surface area contributed by atoms with Crippen LogP contribution in [0.5, 0.6) is 5.75 Å². The molecule has 134 valence electrons. The molecule has 0 fully saturated rings. The molecule has 1 aromatic carbocycles. The minimum absolute atomic E-state index is 0.0446. The highest BCUT2D eigenvalue weighted by Gasteiger charge is 2.35. The number of hydrogen-bond donors (Lipinski definition) is 0. The second kappa shape index (κ2) is 7.43. The van der Waals surface area contributed by atoms with Gasteiger partial charge in [0.05, 0.1) is 11.1 Å². The summed E-state index contributed by atoms with van der Waals surface area (Å²) in [5, 5.41) is 9.37. The van der Waals surface area contributed by atoms with Crippen molar-refractivity contribution < 1.29 is 19.1 Å². The van der Waals surface area contributed by atoms with E-state index < -0.39 is 12.4 Å². The molecule has 1 aliphatic heterocycles. The normalized spacial score (nSPS) is 20.0. The maximum atomic E-state index is 12.9. The van der Waals surface area contributed by atoms with Crippen LogP contribution in [-0.2, 0) is 4.74 Å². The van der Waals surface area contributed by atoms with Gasteiger partial charge in [0.1, 0.15) is 6.07 Å². The molecule has 0 saturated carbocycles. The number of amides is 2. The lowest BCUT2D eigenvalue weighted by atomic mass is 10.0. The predicted molar refractivity (Wildman–Crippen MR) is 91.1 cm³/mol. The summed E-state index contributed by atoms with van der Waals surface area (Å²) < 4.78 is 11.3. The molecule has 0 bridgehead atoms. The molecule has 0 aromatic heterocycles. The highest BCUT2D eigenvalue weighted by molar-refractivity contribution is 5.98. The summed E-state index contributed by atoms with van der Waals surface area (Å²) in [6.07, 6.45) is -1.45. The Morgan fingerprint density at radius 3 is 2.68 bits per heavy atom. The monoisotopic (exact) mass is 345 g/mol. The third-order valence-corrected chi connectivity index (χ3v) is 4.02. The molecule has 1 aliphatic rings. The van der Waals surface area contributed by atoms with Crippen LogP contribution in [0, 0.1) is 17.2 Å². The molecular formula is C18H23N3O4. The number of nitriles is 1. The van der Waals surface area contributed by atoms with Crippen molar-refractivity contribution in [3.05, 3.63) is 29.3 Å². The summed E-state index contributed by atoms with van der Waals surface area (Å²) in [7, 11) is 3.16. The van der Waals surface area contributed by atoms with Crippen molar-refractivity contribution in [3.63, 3.8) is 0 Å². The quantitative estimate of drug-likeness (QED) is 0.822. The molecule has 7 nitrogen and oxygen atoms in total. The molecular weight excluding hydrogens is 322 g/mol. The molecule has 2 rings (SSSR count). The van der Waals surface area contributed by atoms with Crippen molar-refractivity contribution in [1.82, 2.24) is 9.80 Å². The summed E-state index contributed by atoms with van der Waals surface area (Å²) >= 11 is 0. The van der Waals surface area contributed by atoms with E-state index in [1.165, 1.54) is 4.90 Å². The van der Waals surface area contributed by atoms with Crippen LogP contribution in [-0.4, -0.2) is 54.8 Å². The van der Waals surface area contributed by atoms with Gasteiger partial charge in [0.2, 0.25) is 6.29 Å². The molecule has 0 radical (unpaired) electrons. The van der Waals surface area contributed by atoms with E-state index in [1.807, 2.05) is 26.8 Å². The van der Waals surface area contributed by atoms with Gasteiger partial charge in [0, 0.05) is 32.6 Å². The van der Waals surface area contributed by atoms with Crippen LogP contribution in [0.15, 0.2) is 18.2 Å². The first-order chi connectivity index (χ1) is 11.8. The number of carbonyl (C=O) groups is 2. The first kappa shape index (κ1) is 18.6. The molecule has 25 heavy (non-hydrogen) atoms. The molecule has 1 heterocycles. The lowest BCUT2D eigenvalue weighted by Gasteiger charge is -2.36. The number of rotatable bonds is 2. The Kier molecular flexibility index (Phi) is 5.52. The zero-order chi connectivity index (χ0) is 18.7. The van der Waals surface area contributed by atoms with Crippen LogP contribution < -0.4 is 4.74 Å². The van der Waals surface area contributed by atoms with E-state index in [0.717, 1.165) is 0 Å². The number of carbonyl (C=O) groups excluding carboxylic acids is 2. The molecule has 0 saturated heterocycles. The van der Waals surface area contributed by atoms with Gasteiger partial charge in [0.25, 0.3) is 5.91 Å². The Morgan fingerprint density at radius 2 is 2.12 bits per heavy atom. The topological polar surface area (TPSA) is 82.9 Å². The van der Waals surface area contributed by atoms with Crippen molar-refractivity contribution >= 4 is 12.0 Å². The van der Waals surface area contributed by atoms with Gasteiger partial charge in [-0.15, -0.1) is 0 Å². The largest absolute Gasteiger partial charge is 0.452 e. The standard InChI is InChI=1S/C18H23N3O4/c1-11(2)21-10-12(3)17(25-18(23)20(4)5)24-15-13(9-19)7-6-8-14(15)16(21)22/h6-8,11-12,17H,10H2,1-5H3. The smallest absolute Gasteiger partial charge is 0.412 e. The lowest BCUT2D eigenvalue weighted by Crippen LogP contribution is -2.47. The fourth-order valence-electron chi connectivity index (χ4n) is 2.58. The second-order valence-corrected chi connectivity index (χ2v) is 6.59. The Hall–Kier alpha value is -2.75. The molecule has 1 aromatic rings. The fourth-order valence-corrected chi connectivity index (χ4v) is 2.58. The average Bonchev–Trinajstić information content (AvgIpc) is 2.56. The van der Waals surface area contributed by atoms with Crippen LogP contribution in [0.4, 0.5) is 4.79 Å². The van der Waals surface area contributed by atoms with E-state index in [0.29, 0.717) is 12.1 Å². The van der Waals surface area contributed by atoms with E-state index in [2.05, 4.69) is 0 Å². The van der Waals surface area contributed by atoms with Crippen molar-refractivity contribution in [2.75, 3.05) is 20.6 Å². The van der Waals surface area contributed by atoms with Crippen LogP contribution in [0.3, 0.4) is 0 Å². The highest BCUT2D eigenvalue weighted by atomic mass is 16.7. The van der Waals surface area contributed by atoms with E-state index in [4.69, 9.17) is 9.47 Å². The average molecular weight is 345 g/mol. The molecule has 2 unspecified atom stereocenters. The van der Waals surface area contributed by atoms with Gasteiger partial charge >= 0.3 is 6.09 Å². The Balaban J connectivity index is 2.51. The van der Waals surface area contributed by atoms with E-state index in [1.54, 1.807) is 37.2 Å². The van der Waals surface area contributed by atoms with Crippen LogP contribution >= 0.6 is 0 Å². The van der Waals surface area contributed by atoms with Crippen LogP contribution in [0.2, 0.25) is 0 Å². The van der Waals surface area contributed by atoms with Gasteiger partial charge in [-0.3, -0.25) is 4.79 Å². The zero-order valence-corrected chi connectivity index (χ0v) is 15.1. The van der Waals surface area contributed by atoms with Crippen LogP contribution in [0.1, 0.15) is 36.7 Å². The lowest BCUT2D eigenvalue weighted by molar-refractivity contribution is -0.0831. The van der Waals surface area contributed by atoms with Crippen molar-refractivity contribution in [3.8, 4) is 11.8 Å². The third kappa shape index (κ3) is 3.85. The van der Waals surface area contributed by atoms with Gasteiger partial charge < -0.3 is 19.3 Å². The SMILES string of the molecule is CC1CN(C(C)C)C(=O)c2cccc(C#N)c2OC1OC(=O)N(C)C. The Labute approximate surface area is 147 Å². The maximum Gasteiger partial charge on any atom is 0.412 e. The summed E-state index contributed by atoms with van der Waals surface area (Å²) in [6, 6.07) is 6.82. The summed E-state index contributed by atoms with van der Waals surface area (Å²) in [5.41, 5.74) is 0.528. The van der Waals surface area contributed by atoms with Crippen molar-refractivity contribution in [1.29, 1.82) is 5.26 Å². The number of para-hydroxylation sites is 1. The second-order valence-electron chi connectivity index (χ2n) is 6.59. The van der Waals surface area contributed by atoms with Crippen molar-refractivity contribution in [2.24, 2.45) is 5.92 Å². The summed E-state index contributed by atoms with van der Waals surface area (Å²) in [6.45, 7) is 6.05.